The van der Waals surface area contributed by atoms with Crippen molar-refractivity contribution in [1.29, 1.82) is 0 Å². The van der Waals surface area contributed by atoms with Crippen molar-refractivity contribution in [3.05, 3.63) is 97.4 Å². The number of rotatable bonds is 9. The van der Waals surface area contributed by atoms with Crippen LogP contribution in [0.5, 0.6) is 5.75 Å². The van der Waals surface area contributed by atoms with E-state index in [9.17, 15) is 9.59 Å². The van der Waals surface area contributed by atoms with Gasteiger partial charge in [0.2, 0.25) is 0 Å². The second kappa shape index (κ2) is 13.0. The van der Waals surface area contributed by atoms with Crippen LogP contribution in [0.3, 0.4) is 0 Å². The third-order valence-corrected chi connectivity index (χ3v) is 6.16. The van der Waals surface area contributed by atoms with Gasteiger partial charge in [0.1, 0.15) is 18.4 Å². The number of halogens is 4. The molecule has 0 spiro atoms. The molecule has 0 radical (unpaired) electrons. The minimum atomic E-state index is -0.813. The number of benzene rings is 3. The Balaban J connectivity index is 1.67. The second-order valence-electron chi connectivity index (χ2n) is 8.14. The molecular weight excluding hydrogens is 544 g/mol. The summed E-state index contributed by atoms with van der Waals surface area (Å²) in [4.78, 5) is 25.3. The fourth-order valence-corrected chi connectivity index (χ4v) is 3.91. The summed E-state index contributed by atoms with van der Waals surface area (Å²) in [5.41, 5.74) is 4.16. The number of nitrogens with zero attached hydrogens (tertiary/aromatic N) is 1. The van der Waals surface area contributed by atoms with Gasteiger partial charge in [-0.3, -0.25) is 9.59 Å². The van der Waals surface area contributed by atoms with Crippen molar-refractivity contribution in [3.63, 3.8) is 0 Å². The number of carbonyl (C=O) groups is 2. The van der Waals surface area contributed by atoms with Crippen LogP contribution in [0.1, 0.15) is 35.3 Å². The molecule has 36 heavy (non-hydrogen) atoms. The Morgan fingerprint density at radius 1 is 0.917 bits per heavy atom. The van der Waals surface area contributed by atoms with Crippen molar-refractivity contribution in [1.82, 2.24) is 10.7 Å². The molecule has 10 heteroatoms. The van der Waals surface area contributed by atoms with E-state index in [0.717, 1.165) is 5.56 Å². The molecule has 188 valence electrons. The van der Waals surface area contributed by atoms with Crippen LogP contribution in [-0.4, -0.2) is 24.1 Å². The van der Waals surface area contributed by atoms with E-state index in [1.54, 1.807) is 60.7 Å². The van der Waals surface area contributed by atoms with Crippen LogP contribution in [0, 0.1) is 5.92 Å². The van der Waals surface area contributed by atoms with Crippen LogP contribution in [0.4, 0.5) is 0 Å². The molecule has 0 aromatic heterocycles. The van der Waals surface area contributed by atoms with Crippen molar-refractivity contribution in [2.75, 3.05) is 0 Å². The van der Waals surface area contributed by atoms with Crippen LogP contribution in [0.2, 0.25) is 20.1 Å². The Kier molecular flexibility index (Phi) is 10.0. The number of carbonyl (C=O) groups excluding carboxylic acids is 2. The highest BCUT2D eigenvalue weighted by atomic mass is 35.5. The van der Waals surface area contributed by atoms with Crippen LogP contribution in [0.15, 0.2) is 65.8 Å². The van der Waals surface area contributed by atoms with Crippen molar-refractivity contribution in [2.45, 2.75) is 26.5 Å². The lowest BCUT2D eigenvalue weighted by molar-refractivity contribution is -0.123. The van der Waals surface area contributed by atoms with E-state index in [4.69, 9.17) is 51.1 Å². The Bertz CT molecular complexity index is 1260. The highest BCUT2D eigenvalue weighted by Gasteiger charge is 2.24. The molecule has 0 aliphatic heterocycles. The summed E-state index contributed by atoms with van der Waals surface area (Å²) < 4.78 is 5.90. The molecular formula is C26H23Cl4N3O3. The monoisotopic (exact) mass is 565 g/mol. The number of hydrazone groups is 1. The Morgan fingerprint density at radius 3 is 2.22 bits per heavy atom. The van der Waals surface area contributed by atoms with E-state index >= 15 is 0 Å². The largest absolute Gasteiger partial charge is 0.488 e. The smallest absolute Gasteiger partial charge is 0.262 e. The molecule has 0 aliphatic carbocycles. The number of amides is 2. The van der Waals surface area contributed by atoms with Gasteiger partial charge in [-0.05, 0) is 60.5 Å². The average molecular weight is 567 g/mol. The molecule has 2 amide bonds. The highest BCUT2D eigenvalue weighted by Crippen LogP contribution is 2.25. The van der Waals surface area contributed by atoms with Gasteiger partial charge in [0, 0.05) is 36.8 Å². The summed E-state index contributed by atoms with van der Waals surface area (Å²) in [6.07, 6.45) is 1.42. The highest BCUT2D eigenvalue weighted by molar-refractivity contribution is 6.35. The molecule has 3 aromatic rings. The Hall–Kier alpha value is -2.77. The molecule has 0 heterocycles. The van der Waals surface area contributed by atoms with Crippen LogP contribution < -0.4 is 15.5 Å². The third-order valence-electron chi connectivity index (χ3n) is 5.09. The van der Waals surface area contributed by atoms with Crippen molar-refractivity contribution < 1.29 is 14.3 Å². The zero-order valence-electron chi connectivity index (χ0n) is 19.4. The Morgan fingerprint density at radius 2 is 1.56 bits per heavy atom. The maximum absolute atomic E-state index is 12.8. The fraction of sp³-hybridized carbons (Fsp3) is 0.192. The minimum Gasteiger partial charge on any atom is -0.488 e. The SMILES string of the molecule is CC(C)C(NC(=O)c1ccc(Cl)cc1)C(=O)N/N=C/c1cc(Cl)ccc1OCc1ccc(Cl)cc1Cl. The van der Waals surface area contributed by atoms with Gasteiger partial charge in [-0.15, -0.1) is 0 Å². The summed E-state index contributed by atoms with van der Waals surface area (Å²) in [5, 5.41) is 8.78. The fourth-order valence-electron chi connectivity index (χ4n) is 3.14. The molecule has 3 aromatic carbocycles. The molecule has 3 rings (SSSR count). The zero-order valence-corrected chi connectivity index (χ0v) is 22.4. The normalized spacial score (nSPS) is 12.0. The first-order valence-electron chi connectivity index (χ1n) is 10.9. The Labute approximate surface area is 229 Å². The number of hydrogen-bond donors (Lipinski definition) is 2. The molecule has 0 bridgehead atoms. The molecule has 6 nitrogen and oxygen atoms in total. The molecule has 1 unspecified atom stereocenters. The topological polar surface area (TPSA) is 79.8 Å². The van der Waals surface area contributed by atoms with Gasteiger partial charge in [0.25, 0.3) is 11.8 Å². The summed E-state index contributed by atoms with van der Waals surface area (Å²) >= 11 is 24.2. The first-order valence-corrected chi connectivity index (χ1v) is 12.4. The third kappa shape index (κ3) is 7.87. The number of ether oxygens (including phenoxy) is 1. The van der Waals surface area contributed by atoms with E-state index in [1.165, 1.54) is 6.21 Å². The van der Waals surface area contributed by atoms with Gasteiger partial charge in [-0.25, -0.2) is 5.43 Å². The summed E-state index contributed by atoms with van der Waals surface area (Å²) in [6, 6.07) is 15.7. The quantitative estimate of drug-likeness (QED) is 0.221. The number of nitrogens with one attached hydrogen (secondary N) is 2. The van der Waals surface area contributed by atoms with Crippen LogP contribution in [0.25, 0.3) is 0 Å². The lowest BCUT2D eigenvalue weighted by Gasteiger charge is -2.20. The van der Waals surface area contributed by atoms with E-state index in [0.29, 0.717) is 37.0 Å². The maximum atomic E-state index is 12.8. The lowest BCUT2D eigenvalue weighted by Crippen LogP contribution is -2.48. The summed E-state index contributed by atoms with van der Waals surface area (Å²) in [7, 11) is 0. The van der Waals surface area contributed by atoms with E-state index < -0.39 is 17.9 Å². The van der Waals surface area contributed by atoms with Gasteiger partial charge in [-0.1, -0.05) is 66.3 Å². The molecule has 0 saturated carbocycles. The molecule has 2 N–H and O–H groups in total. The van der Waals surface area contributed by atoms with Crippen LogP contribution >= 0.6 is 46.4 Å². The van der Waals surface area contributed by atoms with Crippen LogP contribution in [-0.2, 0) is 11.4 Å². The standard InChI is InChI=1S/C26H23Cl4N3O3/c1-15(2)24(32-25(34)16-3-6-19(27)7-4-16)26(35)33-31-13-18-11-20(28)9-10-23(18)36-14-17-5-8-21(29)12-22(17)30/h3-13,15,24H,14H2,1-2H3,(H,32,34)(H,33,35)/b31-13+. The molecule has 0 saturated heterocycles. The minimum absolute atomic E-state index is 0.189. The van der Waals surface area contributed by atoms with Crippen molar-refractivity contribution >= 4 is 64.4 Å². The summed E-state index contributed by atoms with van der Waals surface area (Å²) in [6.45, 7) is 3.83. The van der Waals surface area contributed by atoms with Gasteiger partial charge in [0.05, 0.1) is 6.21 Å². The van der Waals surface area contributed by atoms with Gasteiger partial charge in [-0.2, -0.15) is 5.10 Å². The maximum Gasteiger partial charge on any atom is 0.262 e. The van der Waals surface area contributed by atoms with E-state index in [1.807, 2.05) is 13.8 Å². The molecule has 0 fully saturated rings. The molecule has 0 aliphatic rings. The summed E-state index contributed by atoms with van der Waals surface area (Å²) in [5.74, 6) is -0.567. The van der Waals surface area contributed by atoms with Crippen molar-refractivity contribution in [3.8, 4) is 5.75 Å². The lowest BCUT2D eigenvalue weighted by atomic mass is 10.0. The first kappa shape index (κ1) is 27.8. The first-order chi connectivity index (χ1) is 17.1. The predicted octanol–water partition coefficient (Wildman–Crippen LogP) is 6.78. The zero-order chi connectivity index (χ0) is 26.2. The van der Waals surface area contributed by atoms with Gasteiger partial charge >= 0.3 is 0 Å². The van der Waals surface area contributed by atoms with Gasteiger partial charge < -0.3 is 10.1 Å². The van der Waals surface area contributed by atoms with Crippen molar-refractivity contribution in [2.24, 2.45) is 11.0 Å². The van der Waals surface area contributed by atoms with E-state index in [-0.39, 0.29) is 12.5 Å². The second-order valence-corrected chi connectivity index (χ2v) is 9.86. The predicted molar refractivity (Wildman–Crippen MR) is 146 cm³/mol. The average Bonchev–Trinajstić information content (AvgIpc) is 2.83. The molecule has 1 atom stereocenters. The number of hydrogen-bond acceptors (Lipinski definition) is 4. The van der Waals surface area contributed by atoms with E-state index in [2.05, 4.69) is 15.8 Å². The van der Waals surface area contributed by atoms with Gasteiger partial charge in [0.15, 0.2) is 0 Å².